The molecule has 2 aromatic carbocycles. The Kier molecular flexibility index (Phi) is 4.88. The first kappa shape index (κ1) is 16.2. The quantitative estimate of drug-likeness (QED) is 0.813. The second-order valence-corrected chi connectivity index (χ2v) is 6.93. The SMILES string of the molecule is COc1ccc(S(=O)(=O)Nc2cc(Cl)c(Cl)cc2Cl)cc1. The molecule has 0 spiro atoms. The second-order valence-electron chi connectivity index (χ2n) is 4.03. The van der Waals surface area contributed by atoms with E-state index in [2.05, 4.69) is 4.72 Å². The monoisotopic (exact) mass is 365 g/mol. The zero-order valence-corrected chi connectivity index (χ0v) is 13.8. The van der Waals surface area contributed by atoms with Crippen molar-refractivity contribution in [3.8, 4) is 5.75 Å². The van der Waals surface area contributed by atoms with Crippen LogP contribution in [-0.4, -0.2) is 15.5 Å². The minimum Gasteiger partial charge on any atom is -0.497 e. The molecule has 0 radical (unpaired) electrons. The number of hydrogen-bond donors (Lipinski definition) is 1. The van der Waals surface area contributed by atoms with Gasteiger partial charge in [0.2, 0.25) is 0 Å². The van der Waals surface area contributed by atoms with E-state index in [4.69, 9.17) is 39.5 Å². The van der Waals surface area contributed by atoms with Crippen molar-refractivity contribution < 1.29 is 13.2 Å². The number of methoxy groups -OCH3 is 1. The Morgan fingerprint density at radius 2 is 1.52 bits per heavy atom. The maximum absolute atomic E-state index is 12.3. The molecule has 0 bridgehead atoms. The molecule has 0 fully saturated rings. The molecule has 0 atom stereocenters. The Balaban J connectivity index is 2.34. The van der Waals surface area contributed by atoms with Gasteiger partial charge in [0.15, 0.2) is 0 Å². The molecular formula is C13H10Cl3NO3S. The highest BCUT2D eigenvalue weighted by molar-refractivity contribution is 7.92. The van der Waals surface area contributed by atoms with E-state index in [1.54, 1.807) is 12.1 Å². The molecule has 0 aromatic heterocycles. The van der Waals surface area contributed by atoms with Crippen LogP contribution in [0, 0.1) is 0 Å². The van der Waals surface area contributed by atoms with Crippen LogP contribution in [-0.2, 0) is 10.0 Å². The third kappa shape index (κ3) is 3.74. The fraction of sp³-hybridized carbons (Fsp3) is 0.0769. The van der Waals surface area contributed by atoms with E-state index in [9.17, 15) is 8.42 Å². The lowest BCUT2D eigenvalue weighted by Crippen LogP contribution is -2.13. The molecule has 0 unspecified atom stereocenters. The van der Waals surface area contributed by atoms with Gasteiger partial charge in [0, 0.05) is 0 Å². The van der Waals surface area contributed by atoms with Crippen LogP contribution < -0.4 is 9.46 Å². The summed E-state index contributed by atoms with van der Waals surface area (Å²) in [6, 6.07) is 8.67. The van der Waals surface area contributed by atoms with Crippen molar-refractivity contribution in [1.29, 1.82) is 0 Å². The molecule has 1 N–H and O–H groups in total. The van der Waals surface area contributed by atoms with E-state index < -0.39 is 10.0 Å². The normalized spacial score (nSPS) is 11.2. The topological polar surface area (TPSA) is 55.4 Å². The number of benzene rings is 2. The van der Waals surface area contributed by atoms with Gasteiger partial charge >= 0.3 is 0 Å². The van der Waals surface area contributed by atoms with Crippen molar-refractivity contribution in [3.63, 3.8) is 0 Å². The van der Waals surface area contributed by atoms with Gasteiger partial charge in [-0.25, -0.2) is 8.42 Å². The summed E-state index contributed by atoms with van der Waals surface area (Å²) < 4.78 is 31.9. The second kappa shape index (κ2) is 6.32. The summed E-state index contributed by atoms with van der Waals surface area (Å²) in [4.78, 5) is 0.0745. The maximum Gasteiger partial charge on any atom is 0.261 e. The van der Waals surface area contributed by atoms with Gasteiger partial charge < -0.3 is 4.74 Å². The lowest BCUT2D eigenvalue weighted by Gasteiger charge is -2.11. The highest BCUT2D eigenvalue weighted by Crippen LogP contribution is 2.33. The molecular weight excluding hydrogens is 357 g/mol. The average molecular weight is 367 g/mol. The molecule has 8 heteroatoms. The molecule has 2 aromatic rings. The highest BCUT2D eigenvalue weighted by Gasteiger charge is 2.17. The predicted octanol–water partition coefficient (Wildman–Crippen LogP) is 4.46. The summed E-state index contributed by atoms with van der Waals surface area (Å²) in [5, 5.41) is 0.601. The molecule has 0 saturated carbocycles. The predicted molar refractivity (Wildman–Crippen MR) is 85.3 cm³/mol. The average Bonchev–Trinajstić information content (AvgIpc) is 2.44. The van der Waals surface area contributed by atoms with Gasteiger partial charge in [-0.15, -0.1) is 0 Å². The van der Waals surface area contributed by atoms with Crippen LogP contribution in [0.4, 0.5) is 5.69 Å². The van der Waals surface area contributed by atoms with Crippen LogP contribution in [0.15, 0.2) is 41.3 Å². The number of halogens is 3. The van der Waals surface area contributed by atoms with E-state index in [1.165, 1.54) is 31.4 Å². The van der Waals surface area contributed by atoms with Crippen molar-refractivity contribution in [2.24, 2.45) is 0 Å². The summed E-state index contributed by atoms with van der Waals surface area (Å²) in [6.07, 6.45) is 0. The van der Waals surface area contributed by atoms with E-state index in [0.717, 1.165) is 0 Å². The fourth-order valence-electron chi connectivity index (χ4n) is 1.56. The first-order valence-electron chi connectivity index (χ1n) is 5.65. The largest absolute Gasteiger partial charge is 0.497 e. The van der Waals surface area contributed by atoms with Crippen LogP contribution in [0.2, 0.25) is 15.1 Å². The van der Waals surface area contributed by atoms with Gasteiger partial charge in [-0.3, -0.25) is 4.72 Å². The lowest BCUT2D eigenvalue weighted by molar-refractivity contribution is 0.414. The van der Waals surface area contributed by atoms with Crippen LogP contribution in [0.5, 0.6) is 5.75 Å². The Hall–Kier alpha value is -1.14. The molecule has 0 saturated heterocycles. The number of ether oxygens (including phenoxy) is 1. The fourth-order valence-corrected chi connectivity index (χ4v) is 3.28. The summed E-state index contributed by atoms with van der Waals surface area (Å²) in [5.74, 6) is 0.557. The van der Waals surface area contributed by atoms with Crippen molar-refractivity contribution in [3.05, 3.63) is 51.5 Å². The molecule has 112 valence electrons. The Morgan fingerprint density at radius 1 is 0.952 bits per heavy atom. The van der Waals surface area contributed by atoms with Gasteiger partial charge in [0.25, 0.3) is 10.0 Å². The molecule has 4 nitrogen and oxygen atoms in total. The third-order valence-electron chi connectivity index (χ3n) is 2.62. The standard InChI is InChI=1S/C13H10Cl3NO3S/c1-20-8-2-4-9(5-3-8)21(18,19)17-13-7-11(15)10(14)6-12(13)16/h2-7,17H,1H3. The van der Waals surface area contributed by atoms with E-state index >= 15 is 0 Å². The van der Waals surface area contributed by atoms with Crippen molar-refractivity contribution in [2.45, 2.75) is 4.90 Å². The number of nitrogens with one attached hydrogen (secondary N) is 1. The van der Waals surface area contributed by atoms with Crippen LogP contribution in [0.25, 0.3) is 0 Å². The zero-order valence-electron chi connectivity index (χ0n) is 10.7. The van der Waals surface area contributed by atoms with Gasteiger partial charge in [0.05, 0.1) is 32.8 Å². The number of sulfonamides is 1. The van der Waals surface area contributed by atoms with Crippen LogP contribution in [0.3, 0.4) is 0 Å². The first-order valence-corrected chi connectivity index (χ1v) is 8.26. The van der Waals surface area contributed by atoms with Gasteiger partial charge in [-0.05, 0) is 36.4 Å². The van der Waals surface area contributed by atoms with Gasteiger partial charge in [-0.1, -0.05) is 34.8 Å². The first-order chi connectivity index (χ1) is 9.83. The summed E-state index contributed by atoms with van der Waals surface area (Å²) >= 11 is 17.6. The van der Waals surface area contributed by atoms with Crippen molar-refractivity contribution in [1.82, 2.24) is 0 Å². The molecule has 0 heterocycles. The minimum atomic E-state index is -3.78. The van der Waals surface area contributed by atoms with E-state index in [1.807, 2.05) is 0 Å². The smallest absolute Gasteiger partial charge is 0.261 e. The molecule has 0 aliphatic heterocycles. The molecule has 0 aliphatic carbocycles. The summed E-state index contributed by atoms with van der Waals surface area (Å²) in [5.41, 5.74) is 0.155. The molecule has 21 heavy (non-hydrogen) atoms. The lowest BCUT2D eigenvalue weighted by atomic mass is 10.3. The van der Waals surface area contributed by atoms with Crippen molar-refractivity contribution >= 4 is 50.5 Å². The molecule has 0 aliphatic rings. The van der Waals surface area contributed by atoms with Gasteiger partial charge in [-0.2, -0.15) is 0 Å². The molecule has 0 amide bonds. The van der Waals surface area contributed by atoms with Gasteiger partial charge in [0.1, 0.15) is 5.75 Å². The Morgan fingerprint density at radius 3 is 2.10 bits per heavy atom. The summed E-state index contributed by atoms with van der Waals surface area (Å²) in [6.45, 7) is 0. The zero-order chi connectivity index (χ0) is 15.6. The third-order valence-corrected chi connectivity index (χ3v) is 5.04. The molecule has 2 rings (SSSR count). The highest BCUT2D eigenvalue weighted by atomic mass is 35.5. The summed E-state index contributed by atoms with van der Waals surface area (Å²) in [7, 11) is -2.28. The van der Waals surface area contributed by atoms with Crippen LogP contribution in [0.1, 0.15) is 0 Å². The number of hydrogen-bond acceptors (Lipinski definition) is 3. The van der Waals surface area contributed by atoms with E-state index in [-0.39, 0.29) is 25.7 Å². The minimum absolute atomic E-state index is 0.0745. The van der Waals surface area contributed by atoms with E-state index in [0.29, 0.717) is 5.75 Å². The Bertz CT molecular complexity index is 761. The Labute approximate surface area is 137 Å². The number of rotatable bonds is 4. The number of anilines is 1. The van der Waals surface area contributed by atoms with Crippen molar-refractivity contribution in [2.75, 3.05) is 11.8 Å². The van der Waals surface area contributed by atoms with Crippen LogP contribution >= 0.6 is 34.8 Å². The maximum atomic E-state index is 12.3.